The molecule has 0 fully saturated rings. The molecular formula is C10H9BrN4O2. The Hall–Kier alpha value is -1.89. The second-order valence-corrected chi connectivity index (χ2v) is 4.06. The molecule has 0 aliphatic carbocycles. The van der Waals surface area contributed by atoms with Gasteiger partial charge in [0.15, 0.2) is 0 Å². The Kier molecular flexibility index (Phi) is 3.10. The van der Waals surface area contributed by atoms with E-state index in [-0.39, 0.29) is 11.7 Å². The zero-order valence-electron chi connectivity index (χ0n) is 8.90. The molecule has 0 atom stereocenters. The summed E-state index contributed by atoms with van der Waals surface area (Å²) in [7, 11) is 1.49. The third-order valence-electron chi connectivity index (χ3n) is 2.14. The van der Waals surface area contributed by atoms with Gasteiger partial charge in [0.1, 0.15) is 0 Å². The summed E-state index contributed by atoms with van der Waals surface area (Å²) in [6, 6.07) is 5.33. The van der Waals surface area contributed by atoms with E-state index in [1.807, 2.05) is 0 Å². The third-order valence-corrected chi connectivity index (χ3v) is 2.83. The van der Waals surface area contributed by atoms with Crippen molar-refractivity contribution in [3.8, 4) is 11.5 Å². The van der Waals surface area contributed by atoms with E-state index in [4.69, 9.17) is 10.3 Å². The number of nitrogens with two attached hydrogens (primary N) is 1. The van der Waals surface area contributed by atoms with Crippen molar-refractivity contribution in [1.82, 2.24) is 15.5 Å². The minimum absolute atomic E-state index is 0.0260. The van der Waals surface area contributed by atoms with Crippen LogP contribution in [0.15, 0.2) is 27.2 Å². The molecule has 17 heavy (non-hydrogen) atoms. The summed E-state index contributed by atoms with van der Waals surface area (Å²) in [4.78, 5) is 15.2. The lowest BCUT2D eigenvalue weighted by atomic mass is 10.2. The minimum Gasteiger partial charge on any atom is -0.397 e. The molecule has 2 aromatic rings. The molecular weight excluding hydrogens is 288 g/mol. The number of rotatable bonds is 2. The Morgan fingerprint density at radius 3 is 3.00 bits per heavy atom. The molecule has 2 rings (SSSR count). The number of nitrogen functional groups attached to an aromatic ring is 1. The molecule has 0 spiro atoms. The number of nitrogens with one attached hydrogen (secondary N) is 1. The van der Waals surface area contributed by atoms with Crippen LogP contribution in [0.3, 0.4) is 0 Å². The summed E-state index contributed by atoms with van der Waals surface area (Å²) in [5.74, 6) is -0.224. The quantitative estimate of drug-likeness (QED) is 0.818. The van der Waals surface area contributed by atoms with Crippen molar-refractivity contribution in [3.63, 3.8) is 0 Å². The van der Waals surface area contributed by atoms with Gasteiger partial charge < -0.3 is 15.6 Å². The SMILES string of the molecule is CNC(=O)c1noc(-c2cccc(Br)c2N)n1. The summed E-state index contributed by atoms with van der Waals surface area (Å²) in [6.07, 6.45) is 0. The van der Waals surface area contributed by atoms with Crippen LogP contribution in [0.4, 0.5) is 5.69 Å². The predicted molar refractivity (Wildman–Crippen MR) is 65.2 cm³/mol. The normalized spacial score (nSPS) is 10.2. The maximum Gasteiger partial charge on any atom is 0.292 e. The van der Waals surface area contributed by atoms with Gasteiger partial charge in [-0.05, 0) is 28.1 Å². The van der Waals surface area contributed by atoms with Crippen LogP contribution in [0.1, 0.15) is 10.6 Å². The average Bonchev–Trinajstić information content (AvgIpc) is 2.81. The Bertz CT molecular complexity index is 567. The molecule has 0 bridgehead atoms. The molecule has 0 saturated carbocycles. The highest BCUT2D eigenvalue weighted by Crippen LogP contribution is 2.30. The summed E-state index contributed by atoms with van der Waals surface area (Å²) < 4.78 is 5.72. The minimum atomic E-state index is -0.409. The number of hydrogen-bond donors (Lipinski definition) is 2. The number of anilines is 1. The fourth-order valence-corrected chi connectivity index (χ4v) is 1.63. The number of para-hydroxylation sites is 1. The molecule has 1 aromatic carbocycles. The van der Waals surface area contributed by atoms with Crippen molar-refractivity contribution in [1.29, 1.82) is 0 Å². The van der Waals surface area contributed by atoms with E-state index in [2.05, 4.69) is 31.4 Å². The van der Waals surface area contributed by atoms with Gasteiger partial charge in [-0.1, -0.05) is 11.2 Å². The number of aromatic nitrogens is 2. The number of carbonyl (C=O) groups is 1. The number of halogens is 1. The van der Waals surface area contributed by atoms with Crippen LogP contribution in [-0.4, -0.2) is 23.1 Å². The lowest BCUT2D eigenvalue weighted by molar-refractivity contribution is 0.0950. The molecule has 3 N–H and O–H groups in total. The van der Waals surface area contributed by atoms with E-state index in [1.54, 1.807) is 18.2 Å². The van der Waals surface area contributed by atoms with Crippen molar-refractivity contribution in [2.45, 2.75) is 0 Å². The van der Waals surface area contributed by atoms with Gasteiger partial charge in [0.2, 0.25) is 0 Å². The molecule has 6 nitrogen and oxygen atoms in total. The van der Waals surface area contributed by atoms with Gasteiger partial charge in [-0.25, -0.2) is 0 Å². The average molecular weight is 297 g/mol. The van der Waals surface area contributed by atoms with Crippen LogP contribution in [0.5, 0.6) is 0 Å². The molecule has 7 heteroatoms. The lowest BCUT2D eigenvalue weighted by Crippen LogP contribution is -2.19. The molecule has 1 heterocycles. The Balaban J connectivity index is 2.44. The van der Waals surface area contributed by atoms with Gasteiger partial charge in [-0.15, -0.1) is 0 Å². The molecule has 0 unspecified atom stereocenters. The highest BCUT2D eigenvalue weighted by Gasteiger charge is 2.16. The fourth-order valence-electron chi connectivity index (χ4n) is 1.26. The Morgan fingerprint density at radius 1 is 1.53 bits per heavy atom. The maximum absolute atomic E-state index is 11.3. The van der Waals surface area contributed by atoms with Crippen molar-refractivity contribution in [3.05, 3.63) is 28.5 Å². The van der Waals surface area contributed by atoms with Crippen LogP contribution in [0.2, 0.25) is 0 Å². The zero-order chi connectivity index (χ0) is 12.4. The molecule has 88 valence electrons. The van der Waals surface area contributed by atoms with Crippen LogP contribution >= 0.6 is 15.9 Å². The lowest BCUT2D eigenvalue weighted by Gasteiger charge is -2.01. The van der Waals surface area contributed by atoms with E-state index < -0.39 is 5.91 Å². The first-order valence-electron chi connectivity index (χ1n) is 4.73. The first-order chi connectivity index (χ1) is 8.13. The molecule has 1 aromatic heterocycles. The molecule has 1 amide bonds. The number of carbonyl (C=O) groups excluding carboxylic acids is 1. The summed E-state index contributed by atoms with van der Waals surface area (Å²) in [5, 5.41) is 5.97. The zero-order valence-corrected chi connectivity index (χ0v) is 10.5. The summed E-state index contributed by atoms with van der Waals surface area (Å²) in [6.45, 7) is 0. The first-order valence-corrected chi connectivity index (χ1v) is 5.53. The van der Waals surface area contributed by atoms with Gasteiger partial charge >= 0.3 is 0 Å². The van der Waals surface area contributed by atoms with Crippen LogP contribution in [-0.2, 0) is 0 Å². The van der Waals surface area contributed by atoms with E-state index in [9.17, 15) is 4.79 Å². The van der Waals surface area contributed by atoms with Gasteiger partial charge in [-0.3, -0.25) is 4.79 Å². The van der Waals surface area contributed by atoms with Crippen molar-refractivity contribution < 1.29 is 9.32 Å². The van der Waals surface area contributed by atoms with E-state index >= 15 is 0 Å². The number of benzene rings is 1. The highest BCUT2D eigenvalue weighted by molar-refractivity contribution is 9.10. The second kappa shape index (κ2) is 4.54. The van der Waals surface area contributed by atoms with Gasteiger partial charge in [-0.2, -0.15) is 4.98 Å². The van der Waals surface area contributed by atoms with Gasteiger partial charge in [0.25, 0.3) is 17.6 Å². The summed E-state index contributed by atoms with van der Waals surface area (Å²) in [5.41, 5.74) is 6.93. The number of nitrogens with zero attached hydrogens (tertiary/aromatic N) is 2. The third kappa shape index (κ3) is 2.14. The molecule has 0 aliphatic rings. The van der Waals surface area contributed by atoms with Crippen LogP contribution < -0.4 is 11.1 Å². The standard InChI is InChI=1S/C10H9BrN4O2/c1-13-9(16)8-14-10(17-15-8)5-3-2-4-6(11)7(5)12/h2-4H,12H2,1H3,(H,13,16). The van der Waals surface area contributed by atoms with Crippen molar-refractivity contribution >= 4 is 27.5 Å². The van der Waals surface area contributed by atoms with Crippen molar-refractivity contribution in [2.75, 3.05) is 12.8 Å². The number of amides is 1. The molecule has 0 aliphatic heterocycles. The van der Waals surface area contributed by atoms with Gasteiger partial charge in [0, 0.05) is 11.5 Å². The Labute approximate surface area is 105 Å². The predicted octanol–water partition coefficient (Wildman–Crippen LogP) is 1.44. The van der Waals surface area contributed by atoms with Crippen LogP contribution in [0.25, 0.3) is 11.5 Å². The molecule has 0 radical (unpaired) electrons. The van der Waals surface area contributed by atoms with Gasteiger partial charge in [0.05, 0.1) is 11.3 Å². The topological polar surface area (TPSA) is 94.0 Å². The smallest absolute Gasteiger partial charge is 0.292 e. The first kappa shape index (κ1) is 11.6. The fraction of sp³-hybridized carbons (Fsp3) is 0.100. The monoisotopic (exact) mass is 296 g/mol. The largest absolute Gasteiger partial charge is 0.397 e. The second-order valence-electron chi connectivity index (χ2n) is 3.20. The van der Waals surface area contributed by atoms with E-state index in [0.29, 0.717) is 11.3 Å². The molecule has 0 saturated heterocycles. The highest BCUT2D eigenvalue weighted by atomic mass is 79.9. The summed E-state index contributed by atoms with van der Waals surface area (Å²) >= 11 is 3.30. The van der Waals surface area contributed by atoms with E-state index in [1.165, 1.54) is 7.05 Å². The van der Waals surface area contributed by atoms with Crippen molar-refractivity contribution in [2.24, 2.45) is 0 Å². The Morgan fingerprint density at radius 2 is 2.29 bits per heavy atom. The van der Waals surface area contributed by atoms with Crippen LogP contribution in [0, 0.1) is 0 Å². The maximum atomic E-state index is 11.3. The number of hydrogen-bond acceptors (Lipinski definition) is 5. The van der Waals surface area contributed by atoms with E-state index in [0.717, 1.165) is 4.47 Å².